The van der Waals surface area contributed by atoms with Gasteiger partial charge in [-0.2, -0.15) is 13.2 Å². The van der Waals surface area contributed by atoms with Gasteiger partial charge in [0.05, 0.1) is 17.2 Å². The number of carboxylic acid groups (broad SMARTS) is 2. The number of piperidine rings is 1. The van der Waals surface area contributed by atoms with Crippen molar-refractivity contribution in [3.05, 3.63) is 39.2 Å². The standard InChI is InChI=1S/C17H22N2O3S.C2HF3O2/c1-11-3-4-14(22-11)10-19-7-5-13(6-8-19)9-15-18-12(2)16(23-15)17(20)21;3-2(4,5)1(6)7/h3-4,13H,5-10H2,1-2H3,(H,20,21);(H,6,7). The Morgan fingerprint density at radius 3 is 2.27 bits per heavy atom. The summed E-state index contributed by atoms with van der Waals surface area (Å²) in [5.74, 6) is -1.04. The maximum atomic E-state index is 11.1. The number of alkyl halides is 3. The van der Waals surface area contributed by atoms with E-state index in [1.165, 1.54) is 11.3 Å². The first-order chi connectivity index (χ1) is 14.0. The number of hydrogen-bond donors (Lipinski definition) is 2. The summed E-state index contributed by atoms with van der Waals surface area (Å²) in [5, 5.41) is 17.2. The van der Waals surface area contributed by atoms with Gasteiger partial charge in [0, 0.05) is 6.42 Å². The predicted molar refractivity (Wildman–Crippen MR) is 103 cm³/mol. The first-order valence-corrected chi connectivity index (χ1v) is 10.0. The summed E-state index contributed by atoms with van der Waals surface area (Å²) < 4.78 is 37.4. The van der Waals surface area contributed by atoms with E-state index in [1.54, 1.807) is 6.92 Å². The van der Waals surface area contributed by atoms with Crippen LogP contribution >= 0.6 is 11.3 Å². The van der Waals surface area contributed by atoms with E-state index >= 15 is 0 Å². The molecule has 1 aliphatic rings. The molecule has 0 aliphatic carbocycles. The Bertz CT molecular complexity index is 870. The van der Waals surface area contributed by atoms with E-state index in [9.17, 15) is 18.0 Å². The van der Waals surface area contributed by atoms with Crippen LogP contribution in [0.25, 0.3) is 0 Å². The summed E-state index contributed by atoms with van der Waals surface area (Å²) in [4.78, 5) is 27.2. The monoisotopic (exact) mass is 448 g/mol. The van der Waals surface area contributed by atoms with Crippen molar-refractivity contribution in [3.8, 4) is 0 Å². The van der Waals surface area contributed by atoms with Gasteiger partial charge < -0.3 is 14.6 Å². The zero-order chi connectivity index (χ0) is 22.5. The minimum absolute atomic E-state index is 0.380. The summed E-state index contributed by atoms with van der Waals surface area (Å²) >= 11 is 1.33. The fourth-order valence-corrected chi connectivity index (χ4v) is 4.14. The van der Waals surface area contributed by atoms with Crippen LogP contribution in [0.1, 0.15) is 44.7 Å². The molecule has 7 nitrogen and oxygen atoms in total. The quantitative estimate of drug-likeness (QED) is 0.708. The molecule has 3 heterocycles. The summed E-state index contributed by atoms with van der Waals surface area (Å²) in [6, 6.07) is 4.06. The molecule has 0 bridgehead atoms. The molecule has 2 aromatic rings. The highest BCUT2D eigenvalue weighted by Gasteiger charge is 2.38. The van der Waals surface area contributed by atoms with Crippen LogP contribution in [0.2, 0.25) is 0 Å². The van der Waals surface area contributed by atoms with Crippen molar-refractivity contribution in [3.63, 3.8) is 0 Å². The number of likely N-dealkylation sites (tertiary alicyclic amines) is 1. The van der Waals surface area contributed by atoms with Gasteiger partial charge >= 0.3 is 18.1 Å². The summed E-state index contributed by atoms with van der Waals surface area (Å²) in [6.07, 6.45) is -1.94. The lowest BCUT2D eigenvalue weighted by molar-refractivity contribution is -0.192. The van der Waals surface area contributed by atoms with Crippen LogP contribution < -0.4 is 0 Å². The Labute approximate surface area is 175 Å². The highest BCUT2D eigenvalue weighted by atomic mass is 32.1. The van der Waals surface area contributed by atoms with Crippen molar-refractivity contribution in [2.45, 2.75) is 45.8 Å². The minimum atomic E-state index is -5.08. The third-order valence-corrected chi connectivity index (χ3v) is 5.79. The largest absolute Gasteiger partial charge is 0.490 e. The van der Waals surface area contributed by atoms with E-state index in [0.29, 0.717) is 16.5 Å². The van der Waals surface area contributed by atoms with Gasteiger partial charge in [0.15, 0.2) is 0 Å². The molecule has 1 fully saturated rings. The van der Waals surface area contributed by atoms with Crippen molar-refractivity contribution in [1.29, 1.82) is 0 Å². The lowest BCUT2D eigenvalue weighted by atomic mass is 9.94. The van der Waals surface area contributed by atoms with Gasteiger partial charge in [0.1, 0.15) is 16.4 Å². The Balaban J connectivity index is 0.000000396. The van der Waals surface area contributed by atoms with Crippen molar-refractivity contribution < 1.29 is 37.4 Å². The Morgan fingerprint density at radius 1 is 1.23 bits per heavy atom. The molecule has 0 radical (unpaired) electrons. The van der Waals surface area contributed by atoms with Crippen LogP contribution in [0.5, 0.6) is 0 Å². The van der Waals surface area contributed by atoms with Gasteiger partial charge in [-0.15, -0.1) is 11.3 Å². The fraction of sp³-hybridized carbons (Fsp3) is 0.526. The number of halogens is 3. The zero-order valence-electron chi connectivity index (χ0n) is 16.5. The molecule has 0 saturated carbocycles. The van der Waals surface area contributed by atoms with Gasteiger partial charge in [-0.1, -0.05) is 0 Å². The van der Waals surface area contributed by atoms with Crippen molar-refractivity contribution >= 4 is 23.3 Å². The minimum Gasteiger partial charge on any atom is -0.477 e. The van der Waals surface area contributed by atoms with E-state index in [1.807, 2.05) is 19.1 Å². The average molecular weight is 448 g/mol. The molecule has 30 heavy (non-hydrogen) atoms. The number of nitrogens with zero attached hydrogens (tertiary/aromatic N) is 2. The van der Waals surface area contributed by atoms with Gasteiger partial charge in [0.2, 0.25) is 0 Å². The van der Waals surface area contributed by atoms with Crippen molar-refractivity contribution in [2.75, 3.05) is 13.1 Å². The van der Waals surface area contributed by atoms with Crippen molar-refractivity contribution in [1.82, 2.24) is 9.88 Å². The molecule has 1 saturated heterocycles. The fourth-order valence-electron chi connectivity index (χ4n) is 3.12. The second kappa shape index (κ2) is 10.1. The zero-order valence-corrected chi connectivity index (χ0v) is 17.3. The smallest absolute Gasteiger partial charge is 0.477 e. The number of aliphatic carboxylic acids is 1. The molecule has 3 rings (SSSR count). The first kappa shape index (κ1) is 23.9. The average Bonchev–Trinajstić information content (AvgIpc) is 3.21. The lowest BCUT2D eigenvalue weighted by Crippen LogP contribution is -2.33. The molecule has 2 N–H and O–H groups in total. The SMILES string of the molecule is Cc1ccc(CN2CCC(Cc3nc(C)c(C(=O)O)s3)CC2)o1.O=C(O)C(F)(F)F. The maximum Gasteiger partial charge on any atom is 0.490 e. The number of hydrogen-bond acceptors (Lipinski definition) is 6. The van der Waals surface area contributed by atoms with Gasteiger partial charge in [0.25, 0.3) is 0 Å². The van der Waals surface area contributed by atoms with E-state index in [0.717, 1.165) is 55.4 Å². The number of rotatable bonds is 5. The summed E-state index contributed by atoms with van der Waals surface area (Å²) in [5.41, 5.74) is 0.642. The number of carboxylic acids is 2. The number of aromatic nitrogens is 1. The Kier molecular flexibility index (Phi) is 8.02. The Hall–Kier alpha value is -2.40. The van der Waals surface area contributed by atoms with Crippen LogP contribution in [-0.2, 0) is 17.8 Å². The summed E-state index contributed by atoms with van der Waals surface area (Å²) in [7, 11) is 0. The highest BCUT2D eigenvalue weighted by molar-refractivity contribution is 7.13. The van der Waals surface area contributed by atoms with Crippen LogP contribution in [0.15, 0.2) is 16.5 Å². The van der Waals surface area contributed by atoms with Crippen LogP contribution in [0.4, 0.5) is 13.2 Å². The van der Waals surface area contributed by atoms with Gasteiger partial charge in [-0.3, -0.25) is 4.90 Å². The molecule has 2 aromatic heterocycles. The molecule has 0 atom stereocenters. The second-order valence-electron chi connectivity index (χ2n) is 7.07. The number of thiazole rings is 1. The van der Waals surface area contributed by atoms with Crippen LogP contribution in [-0.4, -0.2) is 51.3 Å². The normalized spacial score (nSPS) is 15.5. The number of aryl methyl sites for hydroxylation is 2. The second-order valence-corrected chi connectivity index (χ2v) is 8.15. The molecule has 11 heteroatoms. The molecule has 166 valence electrons. The van der Waals surface area contributed by atoms with Crippen molar-refractivity contribution in [2.24, 2.45) is 5.92 Å². The topological polar surface area (TPSA) is 104 Å². The maximum absolute atomic E-state index is 11.1. The number of carbonyl (C=O) groups is 2. The van der Waals surface area contributed by atoms with Crippen LogP contribution in [0.3, 0.4) is 0 Å². The van der Waals surface area contributed by atoms with E-state index in [-0.39, 0.29) is 0 Å². The molecule has 0 amide bonds. The van der Waals surface area contributed by atoms with Gasteiger partial charge in [-0.05, 0) is 57.8 Å². The van der Waals surface area contributed by atoms with E-state index in [2.05, 4.69) is 9.88 Å². The Morgan fingerprint density at radius 2 is 1.83 bits per heavy atom. The summed E-state index contributed by atoms with van der Waals surface area (Å²) in [6.45, 7) is 6.73. The molecular formula is C19H23F3N2O5S. The first-order valence-electron chi connectivity index (χ1n) is 9.23. The third-order valence-electron chi connectivity index (χ3n) is 4.62. The molecule has 0 spiro atoms. The van der Waals surface area contributed by atoms with E-state index in [4.69, 9.17) is 19.4 Å². The number of furan rings is 1. The highest BCUT2D eigenvalue weighted by Crippen LogP contribution is 2.26. The number of aromatic carboxylic acids is 1. The molecular weight excluding hydrogens is 425 g/mol. The van der Waals surface area contributed by atoms with E-state index < -0.39 is 18.1 Å². The van der Waals surface area contributed by atoms with Crippen LogP contribution in [0, 0.1) is 19.8 Å². The van der Waals surface area contributed by atoms with Gasteiger partial charge in [-0.25, -0.2) is 14.6 Å². The predicted octanol–water partition coefficient (Wildman–Crippen LogP) is 4.14. The lowest BCUT2D eigenvalue weighted by Gasteiger charge is -2.30. The molecule has 0 aromatic carbocycles. The molecule has 1 aliphatic heterocycles. The third kappa shape index (κ3) is 7.13. The molecule has 0 unspecified atom stereocenters.